The lowest BCUT2D eigenvalue weighted by Gasteiger charge is -1.99. The van der Waals surface area contributed by atoms with Gasteiger partial charge in [0, 0.05) is 16.5 Å². The Morgan fingerprint density at radius 3 is 2.86 bits per heavy atom. The fraction of sp³-hybridized carbons (Fsp3) is 0.100. The minimum Gasteiger partial charge on any atom is -0.369 e. The van der Waals surface area contributed by atoms with Crippen molar-refractivity contribution in [3.8, 4) is 0 Å². The molecule has 0 spiro atoms. The average molecular weight is 258 g/mol. The third-order valence-corrected chi connectivity index (χ3v) is 2.29. The van der Waals surface area contributed by atoms with Gasteiger partial charge in [0.2, 0.25) is 5.91 Å². The first-order valence-electron chi connectivity index (χ1n) is 4.00. The van der Waals surface area contributed by atoms with Crippen molar-refractivity contribution >= 4 is 27.9 Å². The van der Waals surface area contributed by atoms with E-state index in [0.29, 0.717) is 10.0 Å². The summed E-state index contributed by atoms with van der Waals surface area (Å²) < 4.78 is 13.8. The highest BCUT2D eigenvalue weighted by molar-refractivity contribution is 9.10. The second-order valence-corrected chi connectivity index (χ2v) is 3.56. The molecule has 0 saturated carbocycles. The Morgan fingerprint density at radius 2 is 2.29 bits per heavy atom. The topological polar surface area (TPSA) is 43.1 Å². The fourth-order valence-electron chi connectivity index (χ4n) is 0.963. The van der Waals surface area contributed by atoms with E-state index in [4.69, 9.17) is 5.73 Å². The highest BCUT2D eigenvalue weighted by Gasteiger charge is 2.01. The Balaban J connectivity index is 2.85. The standard InChI is InChI=1S/C10H9BrFNO/c11-8-4-2-5-9(12)7(8)3-1-6-10(13)14/h1-5H,6H2,(H2,13,14). The number of benzene rings is 1. The van der Waals surface area contributed by atoms with Crippen molar-refractivity contribution in [1.29, 1.82) is 0 Å². The molecule has 0 aromatic heterocycles. The van der Waals surface area contributed by atoms with Crippen LogP contribution in [0.4, 0.5) is 4.39 Å². The summed E-state index contributed by atoms with van der Waals surface area (Å²) in [6.07, 6.45) is 3.18. The van der Waals surface area contributed by atoms with Crippen molar-refractivity contribution in [3.63, 3.8) is 0 Å². The maximum atomic E-state index is 13.2. The number of hydrogen-bond donors (Lipinski definition) is 1. The Kier molecular flexibility index (Phi) is 3.83. The summed E-state index contributed by atoms with van der Waals surface area (Å²) in [6.45, 7) is 0. The van der Waals surface area contributed by atoms with Gasteiger partial charge in [0.05, 0.1) is 0 Å². The monoisotopic (exact) mass is 257 g/mol. The Morgan fingerprint density at radius 1 is 1.57 bits per heavy atom. The zero-order chi connectivity index (χ0) is 10.6. The molecule has 0 fully saturated rings. The lowest BCUT2D eigenvalue weighted by Crippen LogP contribution is -2.07. The first-order valence-corrected chi connectivity index (χ1v) is 4.79. The van der Waals surface area contributed by atoms with Gasteiger partial charge in [0.15, 0.2) is 0 Å². The molecule has 0 aliphatic rings. The van der Waals surface area contributed by atoms with Crippen molar-refractivity contribution in [2.45, 2.75) is 6.42 Å². The van der Waals surface area contributed by atoms with Gasteiger partial charge in [-0.05, 0) is 12.1 Å². The summed E-state index contributed by atoms with van der Waals surface area (Å²) in [5, 5.41) is 0. The van der Waals surface area contributed by atoms with Gasteiger partial charge in [0.1, 0.15) is 5.82 Å². The molecule has 1 aromatic carbocycles. The first kappa shape index (κ1) is 10.9. The van der Waals surface area contributed by atoms with Crippen LogP contribution >= 0.6 is 15.9 Å². The SMILES string of the molecule is NC(=O)CC=Cc1c(F)cccc1Br. The van der Waals surface area contributed by atoms with E-state index in [1.165, 1.54) is 18.2 Å². The van der Waals surface area contributed by atoms with Crippen LogP contribution in [0.5, 0.6) is 0 Å². The number of rotatable bonds is 3. The number of amides is 1. The molecule has 2 nitrogen and oxygen atoms in total. The van der Waals surface area contributed by atoms with Crippen LogP contribution in [0.3, 0.4) is 0 Å². The number of primary amides is 1. The molecule has 1 rings (SSSR count). The second kappa shape index (κ2) is 4.91. The molecule has 0 unspecified atom stereocenters. The number of hydrogen-bond acceptors (Lipinski definition) is 1. The summed E-state index contributed by atoms with van der Waals surface area (Å²) in [5.74, 6) is -0.770. The quantitative estimate of drug-likeness (QED) is 0.889. The summed E-state index contributed by atoms with van der Waals surface area (Å²) in [4.78, 5) is 10.4. The van der Waals surface area contributed by atoms with Gasteiger partial charge in [-0.1, -0.05) is 34.1 Å². The van der Waals surface area contributed by atoms with Crippen LogP contribution in [0, 0.1) is 5.82 Å². The number of carbonyl (C=O) groups excluding carboxylic acids is 1. The Labute approximate surface area is 89.7 Å². The maximum absolute atomic E-state index is 13.2. The van der Waals surface area contributed by atoms with Gasteiger partial charge in [-0.15, -0.1) is 0 Å². The van der Waals surface area contributed by atoms with Crippen LogP contribution in [0.1, 0.15) is 12.0 Å². The third-order valence-electron chi connectivity index (χ3n) is 1.60. The highest BCUT2D eigenvalue weighted by Crippen LogP contribution is 2.20. The molecule has 0 heterocycles. The van der Waals surface area contributed by atoms with E-state index in [-0.39, 0.29) is 12.2 Å². The van der Waals surface area contributed by atoms with Gasteiger partial charge in [-0.3, -0.25) is 4.79 Å². The first-order chi connectivity index (χ1) is 6.61. The molecule has 4 heteroatoms. The van der Waals surface area contributed by atoms with Crippen LogP contribution in [-0.2, 0) is 4.79 Å². The lowest BCUT2D eigenvalue weighted by atomic mass is 10.2. The van der Waals surface area contributed by atoms with E-state index < -0.39 is 5.91 Å². The molecule has 1 aromatic rings. The van der Waals surface area contributed by atoms with Gasteiger partial charge in [-0.2, -0.15) is 0 Å². The van der Waals surface area contributed by atoms with Crippen molar-refractivity contribution in [2.75, 3.05) is 0 Å². The van der Waals surface area contributed by atoms with Crippen LogP contribution < -0.4 is 5.73 Å². The van der Waals surface area contributed by atoms with Gasteiger partial charge in [0.25, 0.3) is 0 Å². The van der Waals surface area contributed by atoms with Gasteiger partial charge >= 0.3 is 0 Å². The van der Waals surface area contributed by atoms with Gasteiger partial charge < -0.3 is 5.73 Å². The van der Waals surface area contributed by atoms with Gasteiger partial charge in [-0.25, -0.2) is 4.39 Å². The predicted molar refractivity (Wildman–Crippen MR) is 56.9 cm³/mol. The third kappa shape index (κ3) is 2.96. The molecule has 0 aliphatic heterocycles. The van der Waals surface area contributed by atoms with Crippen molar-refractivity contribution < 1.29 is 9.18 Å². The molecule has 74 valence electrons. The average Bonchev–Trinajstić information content (AvgIpc) is 2.09. The second-order valence-electron chi connectivity index (χ2n) is 2.71. The minimum atomic E-state index is -0.436. The van der Waals surface area contributed by atoms with Crippen LogP contribution in [0.15, 0.2) is 28.7 Å². The van der Waals surface area contributed by atoms with Crippen LogP contribution in [0.2, 0.25) is 0 Å². The minimum absolute atomic E-state index is 0.112. The molecule has 0 saturated heterocycles. The molecule has 2 N–H and O–H groups in total. The zero-order valence-electron chi connectivity index (χ0n) is 7.34. The molecule has 0 radical (unpaired) electrons. The predicted octanol–water partition coefficient (Wildman–Crippen LogP) is 2.48. The van der Waals surface area contributed by atoms with E-state index >= 15 is 0 Å². The molecule has 0 bridgehead atoms. The molecule has 1 amide bonds. The van der Waals surface area contributed by atoms with E-state index in [1.807, 2.05) is 0 Å². The molecule has 14 heavy (non-hydrogen) atoms. The molecular formula is C10H9BrFNO. The van der Waals surface area contributed by atoms with Crippen LogP contribution in [-0.4, -0.2) is 5.91 Å². The van der Waals surface area contributed by atoms with E-state index in [2.05, 4.69) is 15.9 Å². The molecule has 0 atom stereocenters. The maximum Gasteiger partial charge on any atom is 0.221 e. The smallest absolute Gasteiger partial charge is 0.221 e. The Hall–Kier alpha value is -1.16. The van der Waals surface area contributed by atoms with E-state index in [1.54, 1.807) is 12.1 Å². The summed E-state index contributed by atoms with van der Waals surface area (Å²) >= 11 is 3.21. The highest BCUT2D eigenvalue weighted by atomic mass is 79.9. The lowest BCUT2D eigenvalue weighted by molar-refractivity contribution is -0.117. The van der Waals surface area contributed by atoms with E-state index in [0.717, 1.165) is 0 Å². The fourth-order valence-corrected chi connectivity index (χ4v) is 1.44. The van der Waals surface area contributed by atoms with Crippen molar-refractivity contribution in [2.24, 2.45) is 5.73 Å². The summed E-state index contributed by atoms with van der Waals surface area (Å²) in [5.41, 5.74) is 5.36. The number of halogens is 2. The molecular weight excluding hydrogens is 249 g/mol. The zero-order valence-corrected chi connectivity index (χ0v) is 8.92. The van der Waals surface area contributed by atoms with Crippen molar-refractivity contribution in [1.82, 2.24) is 0 Å². The number of carbonyl (C=O) groups is 1. The summed E-state index contributed by atoms with van der Waals surface area (Å²) in [7, 11) is 0. The Bertz CT molecular complexity index is 356. The summed E-state index contributed by atoms with van der Waals surface area (Å²) in [6, 6.07) is 4.69. The normalized spacial score (nSPS) is 10.7. The molecule has 0 aliphatic carbocycles. The van der Waals surface area contributed by atoms with Crippen LogP contribution in [0.25, 0.3) is 6.08 Å². The number of nitrogens with two attached hydrogens (primary N) is 1. The largest absolute Gasteiger partial charge is 0.369 e. The van der Waals surface area contributed by atoms with E-state index in [9.17, 15) is 9.18 Å². The van der Waals surface area contributed by atoms with Crippen molar-refractivity contribution in [3.05, 3.63) is 40.1 Å².